The highest BCUT2D eigenvalue weighted by Crippen LogP contribution is 2.44. The molecule has 8 nitrogen and oxygen atoms in total. The van der Waals surface area contributed by atoms with Crippen molar-refractivity contribution in [3.8, 4) is 11.1 Å². The van der Waals surface area contributed by atoms with E-state index in [9.17, 15) is 19.5 Å². The first kappa shape index (κ1) is 23.1. The van der Waals surface area contributed by atoms with Crippen LogP contribution < -0.4 is 10.6 Å². The summed E-state index contributed by atoms with van der Waals surface area (Å²) in [4.78, 5) is 36.7. The van der Waals surface area contributed by atoms with Crippen molar-refractivity contribution in [1.29, 1.82) is 0 Å². The Labute approximate surface area is 203 Å². The van der Waals surface area contributed by atoms with Gasteiger partial charge in [0.05, 0.1) is 12.0 Å². The van der Waals surface area contributed by atoms with Crippen LogP contribution >= 0.6 is 0 Å². The monoisotopic (exact) mass is 476 g/mol. The molecule has 2 unspecified atom stereocenters. The van der Waals surface area contributed by atoms with Crippen LogP contribution in [0.25, 0.3) is 11.1 Å². The molecule has 35 heavy (non-hydrogen) atoms. The van der Waals surface area contributed by atoms with Gasteiger partial charge < -0.3 is 25.2 Å². The van der Waals surface area contributed by atoms with Crippen molar-refractivity contribution < 1.29 is 29.0 Å². The first-order chi connectivity index (χ1) is 17.0. The van der Waals surface area contributed by atoms with Gasteiger partial charge in [-0.2, -0.15) is 0 Å². The van der Waals surface area contributed by atoms with Crippen LogP contribution in [0.2, 0.25) is 0 Å². The van der Waals surface area contributed by atoms with Crippen LogP contribution in [0.1, 0.15) is 36.3 Å². The van der Waals surface area contributed by atoms with Crippen molar-refractivity contribution in [2.75, 3.05) is 13.2 Å². The molecule has 0 saturated carbocycles. The molecule has 8 heteroatoms. The van der Waals surface area contributed by atoms with E-state index in [1.54, 1.807) is 12.2 Å². The molecule has 3 N–H and O–H groups in total. The lowest BCUT2D eigenvalue weighted by Crippen LogP contribution is -2.51. The summed E-state index contributed by atoms with van der Waals surface area (Å²) in [6.45, 7) is 0.526. The summed E-state index contributed by atoms with van der Waals surface area (Å²) in [5.74, 6) is -1.82. The van der Waals surface area contributed by atoms with Gasteiger partial charge in [-0.1, -0.05) is 60.7 Å². The molecule has 2 aromatic carbocycles. The Balaban J connectivity index is 1.17. The number of hydrogen-bond donors (Lipinski definition) is 3. The third kappa shape index (κ3) is 4.79. The van der Waals surface area contributed by atoms with Gasteiger partial charge in [0.15, 0.2) is 6.10 Å². The predicted octanol–water partition coefficient (Wildman–Crippen LogP) is 3.22. The maximum absolute atomic E-state index is 12.8. The van der Waals surface area contributed by atoms with Crippen molar-refractivity contribution in [3.05, 3.63) is 71.8 Å². The lowest BCUT2D eigenvalue weighted by molar-refractivity contribution is -0.142. The van der Waals surface area contributed by atoms with Crippen LogP contribution in [0.15, 0.2) is 60.7 Å². The smallest absolute Gasteiger partial charge is 0.407 e. The van der Waals surface area contributed by atoms with Crippen LogP contribution in [-0.4, -0.2) is 54.5 Å². The summed E-state index contributed by atoms with van der Waals surface area (Å²) >= 11 is 0. The average Bonchev–Trinajstić information content (AvgIpc) is 3.45. The number of fused-ring (bicyclic) bond motifs is 3. The van der Waals surface area contributed by atoms with E-state index in [1.165, 1.54) is 0 Å². The normalized spacial score (nSPS) is 24.9. The second kappa shape index (κ2) is 9.92. The Morgan fingerprint density at radius 2 is 1.69 bits per heavy atom. The topological polar surface area (TPSA) is 114 Å². The highest BCUT2D eigenvalue weighted by molar-refractivity contribution is 5.83. The van der Waals surface area contributed by atoms with Gasteiger partial charge in [-0.25, -0.2) is 4.79 Å². The van der Waals surface area contributed by atoms with Crippen molar-refractivity contribution in [1.82, 2.24) is 10.6 Å². The van der Waals surface area contributed by atoms with Crippen molar-refractivity contribution in [2.45, 2.75) is 43.4 Å². The van der Waals surface area contributed by atoms with E-state index in [0.29, 0.717) is 25.9 Å². The molecular formula is C27H28N2O6. The Bertz CT molecular complexity index is 1120. The molecule has 2 aromatic rings. The number of ether oxygens (including phenoxy) is 2. The summed E-state index contributed by atoms with van der Waals surface area (Å²) in [6.07, 6.45) is 3.40. The summed E-state index contributed by atoms with van der Waals surface area (Å²) in [7, 11) is 0. The first-order valence-electron chi connectivity index (χ1n) is 11.9. The van der Waals surface area contributed by atoms with E-state index in [2.05, 4.69) is 34.9 Å². The van der Waals surface area contributed by atoms with E-state index in [0.717, 1.165) is 22.3 Å². The molecule has 0 aromatic heterocycles. The van der Waals surface area contributed by atoms with E-state index in [1.807, 2.05) is 24.3 Å². The number of carbonyl (C=O) groups is 3. The summed E-state index contributed by atoms with van der Waals surface area (Å²) in [5.41, 5.74) is 4.56. The maximum atomic E-state index is 12.8. The molecule has 1 saturated heterocycles. The largest absolute Gasteiger partial charge is 0.481 e. The fourth-order valence-corrected chi connectivity index (χ4v) is 5.25. The predicted molar refractivity (Wildman–Crippen MR) is 128 cm³/mol. The summed E-state index contributed by atoms with van der Waals surface area (Å²) < 4.78 is 11.2. The summed E-state index contributed by atoms with van der Waals surface area (Å²) in [5, 5.41) is 14.9. The van der Waals surface area contributed by atoms with Gasteiger partial charge in [0.1, 0.15) is 6.61 Å². The average molecular weight is 477 g/mol. The van der Waals surface area contributed by atoms with Crippen molar-refractivity contribution >= 4 is 18.0 Å². The minimum Gasteiger partial charge on any atom is -0.481 e. The zero-order valence-electron chi connectivity index (χ0n) is 19.2. The molecular weight excluding hydrogens is 448 g/mol. The van der Waals surface area contributed by atoms with Gasteiger partial charge in [-0.3, -0.25) is 9.59 Å². The third-order valence-electron chi connectivity index (χ3n) is 7.00. The Morgan fingerprint density at radius 3 is 2.37 bits per heavy atom. The Hall–Kier alpha value is -3.65. The van der Waals surface area contributed by atoms with Crippen LogP contribution in [0, 0.1) is 5.92 Å². The quantitative estimate of drug-likeness (QED) is 0.552. The van der Waals surface area contributed by atoms with Crippen LogP contribution in [0.4, 0.5) is 4.79 Å². The number of nitrogens with one attached hydrogen (secondary N) is 2. The number of carbonyl (C=O) groups excluding carboxylic acids is 2. The van der Waals surface area contributed by atoms with Gasteiger partial charge in [0, 0.05) is 18.6 Å². The molecule has 0 bridgehead atoms. The fraction of sp³-hybridized carbons (Fsp3) is 0.370. The highest BCUT2D eigenvalue weighted by Gasteiger charge is 2.37. The minimum atomic E-state index is -0.875. The van der Waals surface area contributed by atoms with E-state index in [4.69, 9.17) is 9.47 Å². The number of amides is 2. The molecule has 2 aliphatic carbocycles. The number of hydrogen-bond acceptors (Lipinski definition) is 5. The van der Waals surface area contributed by atoms with E-state index < -0.39 is 30.1 Å². The van der Waals surface area contributed by atoms with Gasteiger partial charge in [0.2, 0.25) is 0 Å². The molecule has 0 spiro atoms. The standard InChI is InChI=1S/C27H28N2O6/c30-25(28-17-7-5-6-16(14-17)26(31)32)24-23(12-13-34-24)29-27(33)35-15-22-20-10-3-1-8-18(20)19-9-2-4-11-21(19)22/h1-5,7-11,16-17,22-24H,6,12-15H2,(H,28,30)(H,29,33)(H,31,32)/t16?,17?,23-,24+/m0/s1. The molecule has 2 amide bonds. The van der Waals surface area contributed by atoms with Crippen molar-refractivity contribution in [2.24, 2.45) is 5.92 Å². The third-order valence-corrected chi connectivity index (χ3v) is 7.00. The number of benzene rings is 2. The van der Waals surface area contributed by atoms with Gasteiger partial charge in [-0.15, -0.1) is 0 Å². The van der Waals surface area contributed by atoms with Crippen molar-refractivity contribution in [3.63, 3.8) is 0 Å². The molecule has 3 aliphatic rings. The SMILES string of the molecule is O=C(N[C@H]1CCO[C@H]1C(=O)NC1C=CCC(C(=O)O)C1)OCC1c2ccccc2-c2ccccc21. The number of rotatable bonds is 6. The fourth-order valence-electron chi connectivity index (χ4n) is 5.25. The maximum Gasteiger partial charge on any atom is 0.407 e. The van der Waals surface area contributed by atoms with Gasteiger partial charge >= 0.3 is 12.1 Å². The molecule has 1 heterocycles. The second-order valence-corrected chi connectivity index (χ2v) is 9.21. The number of aliphatic carboxylic acids is 1. The first-order valence-corrected chi connectivity index (χ1v) is 11.9. The van der Waals surface area contributed by atoms with Crippen LogP contribution in [-0.2, 0) is 19.1 Å². The molecule has 182 valence electrons. The molecule has 1 aliphatic heterocycles. The molecule has 5 rings (SSSR count). The van der Waals surface area contributed by atoms with E-state index in [-0.39, 0.29) is 24.5 Å². The highest BCUT2D eigenvalue weighted by atomic mass is 16.6. The Kier molecular flexibility index (Phi) is 6.55. The minimum absolute atomic E-state index is 0.0488. The van der Waals surface area contributed by atoms with Crippen LogP contribution in [0.3, 0.4) is 0 Å². The lowest BCUT2D eigenvalue weighted by Gasteiger charge is -2.25. The number of alkyl carbamates (subject to hydrolysis) is 1. The Morgan fingerprint density at radius 1 is 1.00 bits per heavy atom. The van der Waals surface area contributed by atoms with E-state index >= 15 is 0 Å². The molecule has 0 radical (unpaired) electrons. The van der Waals surface area contributed by atoms with Crippen LogP contribution in [0.5, 0.6) is 0 Å². The number of carboxylic acids is 1. The van der Waals surface area contributed by atoms with Gasteiger partial charge in [0.25, 0.3) is 5.91 Å². The zero-order chi connectivity index (χ0) is 24.4. The molecule has 4 atom stereocenters. The second-order valence-electron chi connectivity index (χ2n) is 9.21. The number of carboxylic acid groups (broad SMARTS) is 1. The number of allylic oxidation sites excluding steroid dienone is 1. The summed E-state index contributed by atoms with van der Waals surface area (Å²) in [6, 6.07) is 15.3. The molecule has 1 fully saturated rings. The lowest BCUT2D eigenvalue weighted by atomic mass is 9.91. The zero-order valence-corrected chi connectivity index (χ0v) is 19.2. The van der Waals surface area contributed by atoms with Gasteiger partial charge in [-0.05, 0) is 41.5 Å².